The SMILES string of the molecule is CCCC1COC(CCl)(c2ccc(Cl)cc2Cl)O1. The van der Waals surface area contributed by atoms with Crippen molar-refractivity contribution in [1.82, 2.24) is 0 Å². The maximum absolute atomic E-state index is 6.20. The normalized spacial score (nSPS) is 27.7. The Bertz CT molecular complexity index is 425. The third-order valence-electron chi connectivity index (χ3n) is 2.99. The summed E-state index contributed by atoms with van der Waals surface area (Å²) in [5.41, 5.74) is 0.738. The molecule has 1 aromatic carbocycles. The van der Waals surface area contributed by atoms with Gasteiger partial charge in [0, 0.05) is 10.6 Å². The van der Waals surface area contributed by atoms with Crippen molar-refractivity contribution in [1.29, 1.82) is 0 Å². The van der Waals surface area contributed by atoms with Crippen LogP contribution in [-0.2, 0) is 15.3 Å². The summed E-state index contributed by atoms with van der Waals surface area (Å²) in [7, 11) is 0. The first-order valence-electron chi connectivity index (χ1n) is 5.94. The Balaban J connectivity index is 2.28. The highest BCUT2D eigenvalue weighted by Gasteiger charge is 2.43. The Morgan fingerprint density at radius 2 is 2.17 bits per heavy atom. The summed E-state index contributed by atoms with van der Waals surface area (Å²) in [6.45, 7) is 2.65. The van der Waals surface area contributed by atoms with Crippen LogP contribution in [0.5, 0.6) is 0 Å². The van der Waals surface area contributed by atoms with Gasteiger partial charge in [0.1, 0.15) is 0 Å². The number of benzene rings is 1. The fourth-order valence-corrected chi connectivity index (χ4v) is 2.95. The van der Waals surface area contributed by atoms with Crippen molar-refractivity contribution in [2.24, 2.45) is 0 Å². The van der Waals surface area contributed by atoms with E-state index >= 15 is 0 Å². The van der Waals surface area contributed by atoms with Crippen LogP contribution < -0.4 is 0 Å². The van der Waals surface area contributed by atoms with Crippen molar-refractivity contribution in [3.63, 3.8) is 0 Å². The van der Waals surface area contributed by atoms with Gasteiger partial charge in [-0.15, -0.1) is 11.6 Å². The van der Waals surface area contributed by atoms with Crippen LogP contribution in [0.4, 0.5) is 0 Å². The zero-order valence-electron chi connectivity index (χ0n) is 10.1. The van der Waals surface area contributed by atoms with Gasteiger partial charge in [0.05, 0.1) is 23.6 Å². The summed E-state index contributed by atoms with van der Waals surface area (Å²) < 4.78 is 11.7. The Morgan fingerprint density at radius 3 is 2.78 bits per heavy atom. The topological polar surface area (TPSA) is 18.5 Å². The fourth-order valence-electron chi connectivity index (χ4n) is 2.11. The van der Waals surface area contributed by atoms with Crippen LogP contribution in [0.25, 0.3) is 0 Å². The van der Waals surface area contributed by atoms with Crippen molar-refractivity contribution in [2.75, 3.05) is 12.5 Å². The lowest BCUT2D eigenvalue weighted by Gasteiger charge is -2.27. The molecule has 0 N–H and O–H groups in total. The maximum atomic E-state index is 6.20. The average Bonchev–Trinajstić information content (AvgIpc) is 2.74. The Hall–Kier alpha value is 0.01000. The van der Waals surface area contributed by atoms with E-state index in [-0.39, 0.29) is 12.0 Å². The summed E-state index contributed by atoms with van der Waals surface area (Å²) >= 11 is 18.1. The molecular formula is C13H15Cl3O2. The second kappa shape index (κ2) is 5.98. The quantitative estimate of drug-likeness (QED) is 0.757. The first-order chi connectivity index (χ1) is 8.61. The third-order valence-corrected chi connectivity index (χ3v) is 3.89. The van der Waals surface area contributed by atoms with Gasteiger partial charge in [0.2, 0.25) is 5.79 Å². The van der Waals surface area contributed by atoms with Crippen molar-refractivity contribution in [3.05, 3.63) is 33.8 Å². The van der Waals surface area contributed by atoms with Gasteiger partial charge >= 0.3 is 0 Å². The van der Waals surface area contributed by atoms with E-state index in [1.54, 1.807) is 18.2 Å². The molecular weight excluding hydrogens is 294 g/mol. The first kappa shape index (κ1) is 14.4. The van der Waals surface area contributed by atoms with Gasteiger partial charge in [-0.05, 0) is 18.6 Å². The van der Waals surface area contributed by atoms with Crippen molar-refractivity contribution < 1.29 is 9.47 Å². The molecule has 1 aromatic rings. The number of halogens is 3. The molecule has 0 amide bonds. The van der Waals surface area contributed by atoms with Crippen molar-refractivity contribution in [3.8, 4) is 0 Å². The van der Waals surface area contributed by atoms with Crippen LogP contribution in [0.1, 0.15) is 25.3 Å². The lowest BCUT2D eigenvalue weighted by atomic mass is 10.1. The molecule has 2 nitrogen and oxygen atoms in total. The zero-order chi connectivity index (χ0) is 13.2. The molecule has 1 fully saturated rings. The van der Waals surface area contributed by atoms with E-state index in [9.17, 15) is 0 Å². The van der Waals surface area contributed by atoms with E-state index in [1.165, 1.54) is 0 Å². The van der Waals surface area contributed by atoms with Crippen molar-refractivity contribution >= 4 is 34.8 Å². The van der Waals surface area contributed by atoms with Crippen LogP contribution in [0.3, 0.4) is 0 Å². The van der Waals surface area contributed by atoms with Gasteiger partial charge in [-0.25, -0.2) is 0 Å². The predicted octanol–water partition coefficient (Wildman–Crippen LogP) is 4.60. The molecule has 0 aromatic heterocycles. The molecule has 1 saturated heterocycles. The van der Waals surface area contributed by atoms with Gasteiger partial charge in [-0.1, -0.05) is 42.6 Å². The molecule has 1 aliphatic rings. The number of alkyl halides is 1. The van der Waals surface area contributed by atoms with Crippen LogP contribution in [0.2, 0.25) is 10.0 Å². The minimum absolute atomic E-state index is 0.0699. The molecule has 2 unspecified atom stereocenters. The number of rotatable bonds is 4. The molecule has 0 spiro atoms. The molecule has 5 heteroatoms. The van der Waals surface area contributed by atoms with Crippen LogP contribution in [0, 0.1) is 0 Å². The first-order valence-corrected chi connectivity index (χ1v) is 7.23. The Morgan fingerprint density at radius 1 is 1.39 bits per heavy atom. The molecule has 1 aliphatic heterocycles. The number of ether oxygens (including phenoxy) is 2. The van der Waals surface area contributed by atoms with Crippen LogP contribution in [0.15, 0.2) is 18.2 Å². The Labute approximate surface area is 122 Å². The fraction of sp³-hybridized carbons (Fsp3) is 0.538. The van der Waals surface area contributed by atoms with Gasteiger partial charge in [-0.2, -0.15) is 0 Å². The van der Waals surface area contributed by atoms with Crippen LogP contribution in [-0.4, -0.2) is 18.6 Å². The highest BCUT2D eigenvalue weighted by atomic mass is 35.5. The van der Waals surface area contributed by atoms with E-state index in [1.807, 2.05) is 0 Å². The molecule has 0 bridgehead atoms. The predicted molar refractivity (Wildman–Crippen MR) is 74.6 cm³/mol. The minimum atomic E-state index is -0.941. The smallest absolute Gasteiger partial charge is 0.210 e. The van der Waals surface area contributed by atoms with Gasteiger partial charge in [-0.3, -0.25) is 0 Å². The largest absolute Gasteiger partial charge is 0.342 e. The summed E-state index contributed by atoms with van der Waals surface area (Å²) in [5, 5.41) is 1.09. The van der Waals surface area contributed by atoms with E-state index in [0.717, 1.165) is 18.4 Å². The molecule has 0 aliphatic carbocycles. The number of hydrogen-bond acceptors (Lipinski definition) is 2. The second-order valence-corrected chi connectivity index (χ2v) is 5.46. The molecule has 2 atom stereocenters. The zero-order valence-corrected chi connectivity index (χ0v) is 12.4. The summed E-state index contributed by atoms with van der Waals surface area (Å²) in [5.74, 6) is -0.738. The molecule has 1 heterocycles. The molecule has 2 rings (SSSR count). The van der Waals surface area contributed by atoms with E-state index in [0.29, 0.717) is 16.7 Å². The van der Waals surface area contributed by atoms with Gasteiger partial charge in [0.15, 0.2) is 0 Å². The number of hydrogen-bond donors (Lipinski definition) is 0. The molecule has 0 saturated carbocycles. The van der Waals surface area contributed by atoms with E-state index in [4.69, 9.17) is 44.3 Å². The monoisotopic (exact) mass is 308 g/mol. The van der Waals surface area contributed by atoms with E-state index < -0.39 is 5.79 Å². The summed E-state index contributed by atoms with van der Waals surface area (Å²) in [6, 6.07) is 5.24. The molecule has 100 valence electrons. The maximum Gasteiger partial charge on any atom is 0.210 e. The lowest BCUT2D eigenvalue weighted by molar-refractivity contribution is -0.159. The summed E-state index contributed by atoms with van der Waals surface area (Å²) in [4.78, 5) is 0. The minimum Gasteiger partial charge on any atom is -0.342 e. The lowest BCUT2D eigenvalue weighted by Crippen LogP contribution is -2.30. The standard InChI is InChI=1S/C13H15Cl3O2/c1-2-3-10-7-17-13(8-14,18-10)11-5-4-9(15)6-12(11)16/h4-6,10H,2-3,7-8H2,1H3. The molecule has 18 heavy (non-hydrogen) atoms. The third kappa shape index (κ3) is 2.78. The molecule has 0 radical (unpaired) electrons. The highest BCUT2D eigenvalue weighted by Crippen LogP contribution is 2.40. The summed E-state index contributed by atoms with van der Waals surface area (Å²) in [6.07, 6.45) is 2.06. The van der Waals surface area contributed by atoms with E-state index in [2.05, 4.69) is 6.92 Å². The Kier molecular flexibility index (Phi) is 4.79. The van der Waals surface area contributed by atoms with Crippen LogP contribution >= 0.6 is 34.8 Å². The average molecular weight is 310 g/mol. The van der Waals surface area contributed by atoms with Crippen molar-refractivity contribution in [2.45, 2.75) is 31.7 Å². The van der Waals surface area contributed by atoms with Gasteiger partial charge in [0.25, 0.3) is 0 Å². The highest BCUT2D eigenvalue weighted by molar-refractivity contribution is 6.35. The van der Waals surface area contributed by atoms with Gasteiger partial charge < -0.3 is 9.47 Å². The second-order valence-electron chi connectivity index (χ2n) is 4.35.